The molecule has 1 aliphatic carbocycles. The van der Waals surface area contributed by atoms with Crippen LogP contribution in [0.4, 0.5) is 13.2 Å². The first-order valence-corrected chi connectivity index (χ1v) is 5.92. The van der Waals surface area contributed by atoms with E-state index in [2.05, 4.69) is 15.6 Å². The Morgan fingerprint density at radius 3 is 2.59 bits per heavy atom. The van der Waals surface area contributed by atoms with Crippen LogP contribution in [0.5, 0.6) is 0 Å². The van der Waals surface area contributed by atoms with Gasteiger partial charge in [0.1, 0.15) is 0 Å². The third-order valence-corrected chi connectivity index (χ3v) is 3.26. The molecular weight excluding hydrogens is 231 g/mol. The van der Waals surface area contributed by atoms with Gasteiger partial charge in [0.15, 0.2) is 5.96 Å². The Balaban J connectivity index is 2.40. The summed E-state index contributed by atoms with van der Waals surface area (Å²) in [5, 5.41) is 5.88. The Bertz CT molecular complexity index is 263. The van der Waals surface area contributed by atoms with Crippen LogP contribution in [-0.2, 0) is 0 Å². The highest BCUT2D eigenvalue weighted by molar-refractivity contribution is 5.79. The maximum Gasteiger partial charge on any atom is 0.391 e. The molecule has 0 bridgehead atoms. The molecule has 100 valence electrons. The third-order valence-electron chi connectivity index (χ3n) is 3.26. The average Bonchev–Trinajstić information content (AvgIpc) is 2.30. The average molecular weight is 251 g/mol. The Hall–Kier alpha value is -0.940. The SMILES string of the molecule is CN=C(NC)NC[C@@H]1CCC[C@@H](C(F)(F)F)C1. The lowest BCUT2D eigenvalue weighted by Crippen LogP contribution is -2.40. The summed E-state index contributed by atoms with van der Waals surface area (Å²) < 4.78 is 37.8. The van der Waals surface area contributed by atoms with Crippen molar-refractivity contribution in [2.45, 2.75) is 31.9 Å². The van der Waals surface area contributed by atoms with Crippen LogP contribution in [-0.4, -0.2) is 32.8 Å². The summed E-state index contributed by atoms with van der Waals surface area (Å²) in [5.41, 5.74) is 0. The minimum absolute atomic E-state index is 0.0838. The van der Waals surface area contributed by atoms with Crippen molar-refractivity contribution in [2.75, 3.05) is 20.6 Å². The number of hydrogen-bond donors (Lipinski definition) is 2. The maximum atomic E-state index is 12.6. The van der Waals surface area contributed by atoms with E-state index >= 15 is 0 Å². The Labute approximate surface area is 99.9 Å². The lowest BCUT2D eigenvalue weighted by atomic mass is 9.81. The van der Waals surface area contributed by atoms with E-state index in [1.165, 1.54) is 0 Å². The molecule has 1 aliphatic rings. The normalized spacial score (nSPS) is 26.8. The molecular formula is C11H20F3N3. The second kappa shape index (κ2) is 6.12. The molecule has 17 heavy (non-hydrogen) atoms. The number of guanidine groups is 1. The Kier molecular flexibility index (Phi) is 5.08. The molecule has 0 heterocycles. The van der Waals surface area contributed by atoms with Gasteiger partial charge in [-0.1, -0.05) is 6.42 Å². The van der Waals surface area contributed by atoms with E-state index < -0.39 is 12.1 Å². The molecule has 2 atom stereocenters. The molecule has 0 aromatic carbocycles. The fraction of sp³-hybridized carbons (Fsp3) is 0.909. The van der Waals surface area contributed by atoms with Gasteiger partial charge in [-0.2, -0.15) is 13.2 Å². The number of rotatable bonds is 2. The summed E-state index contributed by atoms with van der Waals surface area (Å²) in [7, 11) is 3.37. The van der Waals surface area contributed by atoms with Crippen molar-refractivity contribution in [3.8, 4) is 0 Å². The molecule has 1 saturated carbocycles. The zero-order valence-corrected chi connectivity index (χ0v) is 10.3. The van der Waals surface area contributed by atoms with Crippen LogP contribution < -0.4 is 10.6 Å². The van der Waals surface area contributed by atoms with Crippen molar-refractivity contribution in [1.29, 1.82) is 0 Å². The van der Waals surface area contributed by atoms with Crippen LogP contribution in [0.25, 0.3) is 0 Å². The molecule has 1 rings (SSSR count). The van der Waals surface area contributed by atoms with E-state index in [0.717, 1.165) is 6.42 Å². The predicted molar refractivity (Wildman–Crippen MR) is 61.9 cm³/mol. The van der Waals surface area contributed by atoms with Gasteiger partial charge in [-0.25, -0.2) is 0 Å². The molecule has 0 saturated heterocycles. The second-order valence-corrected chi connectivity index (χ2v) is 4.47. The standard InChI is InChI=1S/C11H20F3N3/c1-15-10(16-2)17-7-8-4-3-5-9(6-8)11(12,13)14/h8-9H,3-7H2,1-2H3,(H2,15,16,17)/t8-,9-/m1/s1. The van der Waals surface area contributed by atoms with Gasteiger partial charge in [-0.3, -0.25) is 4.99 Å². The van der Waals surface area contributed by atoms with Crippen LogP contribution in [0.2, 0.25) is 0 Å². The van der Waals surface area contributed by atoms with Gasteiger partial charge in [0.25, 0.3) is 0 Å². The van der Waals surface area contributed by atoms with Gasteiger partial charge >= 0.3 is 6.18 Å². The van der Waals surface area contributed by atoms with Gasteiger partial charge < -0.3 is 10.6 Å². The van der Waals surface area contributed by atoms with Crippen molar-refractivity contribution in [1.82, 2.24) is 10.6 Å². The van der Waals surface area contributed by atoms with E-state index in [1.54, 1.807) is 14.1 Å². The zero-order chi connectivity index (χ0) is 12.9. The summed E-state index contributed by atoms with van der Waals surface area (Å²) in [6, 6.07) is 0. The van der Waals surface area contributed by atoms with Gasteiger partial charge in [-0.05, 0) is 25.2 Å². The van der Waals surface area contributed by atoms with Crippen molar-refractivity contribution in [2.24, 2.45) is 16.8 Å². The summed E-state index contributed by atoms with van der Waals surface area (Å²) in [4.78, 5) is 3.93. The van der Waals surface area contributed by atoms with E-state index in [4.69, 9.17) is 0 Å². The van der Waals surface area contributed by atoms with Gasteiger partial charge in [0.2, 0.25) is 0 Å². The molecule has 0 aromatic rings. The van der Waals surface area contributed by atoms with Gasteiger partial charge in [0.05, 0.1) is 5.92 Å². The molecule has 0 spiro atoms. The number of aliphatic imine (C=N–C) groups is 1. The molecule has 2 N–H and O–H groups in total. The Morgan fingerprint density at radius 1 is 1.35 bits per heavy atom. The first-order valence-electron chi connectivity index (χ1n) is 5.92. The molecule has 0 aromatic heterocycles. The minimum atomic E-state index is -4.04. The van der Waals surface area contributed by atoms with E-state index in [0.29, 0.717) is 18.9 Å². The molecule has 0 radical (unpaired) electrons. The summed E-state index contributed by atoms with van der Waals surface area (Å²) in [6.45, 7) is 0.556. The number of nitrogens with zero attached hydrogens (tertiary/aromatic N) is 1. The molecule has 1 fully saturated rings. The highest BCUT2D eigenvalue weighted by Crippen LogP contribution is 2.39. The van der Waals surface area contributed by atoms with Crippen molar-refractivity contribution < 1.29 is 13.2 Å². The van der Waals surface area contributed by atoms with E-state index in [-0.39, 0.29) is 18.8 Å². The second-order valence-electron chi connectivity index (χ2n) is 4.47. The highest BCUT2D eigenvalue weighted by atomic mass is 19.4. The first kappa shape index (κ1) is 14.1. The predicted octanol–water partition coefficient (Wildman–Crippen LogP) is 2.15. The molecule has 0 amide bonds. The number of hydrogen-bond acceptors (Lipinski definition) is 1. The summed E-state index contributed by atoms with van der Waals surface area (Å²) >= 11 is 0. The molecule has 3 nitrogen and oxygen atoms in total. The van der Waals surface area contributed by atoms with Gasteiger partial charge in [-0.15, -0.1) is 0 Å². The fourth-order valence-corrected chi connectivity index (χ4v) is 2.29. The monoisotopic (exact) mass is 251 g/mol. The zero-order valence-electron chi connectivity index (χ0n) is 10.3. The van der Waals surface area contributed by atoms with Gasteiger partial charge in [0, 0.05) is 20.6 Å². The van der Waals surface area contributed by atoms with Crippen LogP contribution in [0.3, 0.4) is 0 Å². The minimum Gasteiger partial charge on any atom is -0.359 e. The van der Waals surface area contributed by atoms with Crippen LogP contribution in [0.15, 0.2) is 4.99 Å². The van der Waals surface area contributed by atoms with E-state index in [9.17, 15) is 13.2 Å². The van der Waals surface area contributed by atoms with Crippen LogP contribution in [0, 0.1) is 11.8 Å². The summed E-state index contributed by atoms with van der Waals surface area (Å²) in [6.07, 6.45) is -2.00. The fourth-order valence-electron chi connectivity index (χ4n) is 2.29. The van der Waals surface area contributed by atoms with E-state index in [1.807, 2.05) is 0 Å². The lowest BCUT2D eigenvalue weighted by molar-refractivity contribution is -0.185. The largest absolute Gasteiger partial charge is 0.391 e. The quantitative estimate of drug-likeness (QED) is 0.583. The van der Waals surface area contributed by atoms with Crippen LogP contribution in [0.1, 0.15) is 25.7 Å². The smallest absolute Gasteiger partial charge is 0.359 e. The molecule has 0 unspecified atom stereocenters. The van der Waals surface area contributed by atoms with Crippen molar-refractivity contribution in [3.05, 3.63) is 0 Å². The van der Waals surface area contributed by atoms with Crippen molar-refractivity contribution >= 4 is 5.96 Å². The van der Waals surface area contributed by atoms with Crippen LogP contribution >= 0.6 is 0 Å². The number of alkyl halides is 3. The maximum absolute atomic E-state index is 12.6. The topological polar surface area (TPSA) is 36.4 Å². The summed E-state index contributed by atoms with van der Waals surface area (Å²) in [5.74, 6) is -0.417. The van der Waals surface area contributed by atoms with Crippen molar-refractivity contribution in [3.63, 3.8) is 0 Å². The molecule has 0 aliphatic heterocycles. The Morgan fingerprint density at radius 2 is 2.06 bits per heavy atom. The first-order chi connectivity index (χ1) is 7.97. The number of halogens is 3. The third kappa shape index (κ3) is 4.44. The molecule has 6 heteroatoms. The number of nitrogens with one attached hydrogen (secondary N) is 2. The lowest BCUT2D eigenvalue weighted by Gasteiger charge is -2.30. The highest BCUT2D eigenvalue weighted by Gasteiger charge is 2.41.